The van der Waals surface area contributed by atoms with Gasteiger partial charge in [0.05, 0.1) is 18.8 Å². The SMILES string of the molecule is CC(C)c1ccc(N2CCN(C3(C)COC3)CC2)cc1. The molecular formula is C17H26N2O. The lowest BCUT2D eigenvalue weighted by atomic mass is 9.96. The van der Waals surface area contributed by atoms with Gasteiger partial charge in [-0.25, -0.2) is 0 Å². The first-order chi connectivity index (χ1) is 9.58. The van der Waals surface area contributed by atoms with E-state index in [4.69, 9.17) is 4.74 Å². The number of ether oxygens (including phenoxy) is 1. The number of piperazine rings is 1. The van der Waals surface area contributed by atoms with Gasteiger partial charge in [-0.05, 0) is 30.5 Å². The molecule has 0 radical (unpaired) electrons. The van der Waals surface area contributed by atoms with Crippen LogP contribution in [0.1, 0.15) is 32.3 Å². The van der Waals surface area contributed by atoms with E-state index in [1.54, 1.807) is 0 Å². The molecule has 3 rings (SSSR count). The molecule has 1 aromatic rings. The van der Waals surface area contributed by atoms with Crippen molar-refractivity contribution in [1.82, 2.24) is 4.90 Å². The van der Waals surface area contributed by atoms with Gasteiger partial charge in [-0.2, -0.15) is 0 Å². The van der Waals surface area contributed by atoms with Gasteiger partial charge < -0.3 is 9.64 Å². The quantitative estimate of drug-likeness (QED) is 0.843. The molecule has 2 saturated heterocycles. The molecule has 20 heavy (non-hydrogen) atoms. The molecule has 3 heteroatoms. The van der Waals surface area contributed by atoms with Crippen LogP contribution in [0.25, 0.3) is 0 Å². The van der Waals surface area contributed by atoms with Gasteiger partial charge in [0, 0.05) is 31.9 Å². The minimum atomic E-state index is 0.299. The maximum Gasteiger partial charge on any atom is 0.0671 e. The summed E-state index contributed by atoms with van der Waals surface area (Å²) in [5.74, 6) is 0.611. The van der Waals surface area contributed by atoms with Crippen molar-refractivity contribution in [3.8, 4) is 0 Å². The average molecular weight is 274 g/mol. The Labute approximate surface area is 122 Å². The lowest BCUT2D eigenvalue weighted by Crippen LogP contribution is -2.64. The van der Waals surface area contributed by atoms with Crippen LogP contribution >= 0.6 is 0 Å². The van der Waals surface area contributed by atoms with Gasteiger partial charge in [0.25, 0.3) is 0 Å². The number of anilines is 1. The molecule has 0 amide bonds. The summed E-state index contributed by atoms with van der Waals surface area (Å²) in [6, 6.07) is 9.10. The van der Waals surface area contributed by atoms with Crippen molar-refractivity contribution in [3.05, 3.63) is 29.8 Å². The van der Waals surface area contributed by atoms with Crippen LogP contribution in [0.3, 0.4) is 0 Å². The predicted molar refractivity (Wildman–Crippen MR) is 83.5 cm³/mol. The Bertz CT molecular complexity index is 443. The molecule has 110 valence electrons. The molecule has 0 N–H and O–H groups in total. The van der Waals surface area contributed by atoms with Gasteiger partial charge in [-0.3, -0.25) is 4.90 Å². The molecule has 2 aliphatic rings. The maximum absolute atomic E-state index is 5.38. The van der Waals surface area contributed by atoms with Crippen LogP contribution in [0, 0.1) is 0 Å². The Hall–Kier alpha value is -1.06. The second kappa shape index (κ2) is 5.38. The highest BCUT2D eigenvalue weighted by atomic mass is 16.5. The van der Waals surface area contributed by atoms with Crippen LogP contribution in [0.2, 0.25) is 0 Å². The summed E-state index contributed by atoms with van der Waals surface area (Å²) in [4.78, 5) is 5.10. The monoisotopic (exact) mass is 274 g/mol. The molecule has 2 aliphatic heterocycles. The molecule has 2 fully saturated rings. The molecule has 0 spiro atoms. The van der Waals surface area contributed by atoms with Crippen LogP contribution < -0.4 is 4.90 Å². The van der Waals surface area contributed by atoms with Gasteiger partial charge in [0.2, 0.25) is 0 Å². The predicted octanol–water partition coefficient (Wildman–Crippen LogP) is 2.72. The van der Waals surface area contributed by atoms with Crippen molar-refractivity contribution in [2.24, 2.45) is 0 Å². The lowest BCUT2D eigenvalue weighted by Gasteiger charge is -2.50. The standard InChI is InChI=1S/C17H26N2O/c1-14(2)15-4-6-16(7-5-15)18-8-10-19(11-9-18)17(3)12-20-13-17/h4-7,14H,8-13H2,1-3H3. The fourth-order valence-electron chi connectivity index (χ4n) is 3.15. The second-order valence-corrected chi connectivity index (χ2v) is 6.71. The van der Waals surface area contributed by atoms with Gasteiger partial charge in [0.1, 0.15) is 0 Å². The summed E-state index contributed by atoms with van der Waals surface area (Å²) >= 11 is 0. The molecule has 0 saturated carbocycles. The van der Waals surface area contributed by atoms with Crippen molar-refractivity contribution in [3.63, 3.8) is 0 Å². The van der Waals surface area contributed by atoms with Crippen molar-refractivity contribution < 1.29 is 4.74 Å². The molecule has 0 aromatic heterocycles. The summed E-state index contributed by atoms with van der Waals surface area (Å²) < 4.78 is 5.38. The Balaban J connectivity index is 1.60. The van der Waals surface area contributed by atoms with Gasteiger partial charge in [0.15, 0.2) is 0 Å². The van der Waals surface area contributed by atoms with Crippen LogP contribution in [-0.2, 0) is 4.74 Å². The highest BCUT2D eigenvalue weighted by molar-refractivity contribution is 5.48. The second-order valence-electron chi connectivity index (χ2n) is 6.71. The number of hydrogen-bond donors (Lipinski definition) is 0. The normalized spacial score (nSPS) is 22.9. The van der Waals surface area contributed by atoms with E-state index in [-0.39, 0.29) is 0 Å². The molecule has 3 nitrogen and oxygen atoms in total. The van der Waals surface area contributed by atoms with E-state index in [1.807, 2.05) is 0 Å². The first kappa shape index (κ1) is 13.9. The van der Waals surface area contributed by atoms with Crippen LogP contribution in [-0.4, -0.2) is 49.8 Å². The van der Waals surface area contributed by atoms with E-state index in [2.05, 4.69) is 54.8 Å². The summed E-state index contributed by atoms with van der Waals surface area (Å²) in [5, 5.41) is 0. The van der Waals surface area contributed by atoms with Gasteiger partial charge >= 0.3 is 0 Å². The number of benzene rings is 1. The molecule has 2 heterocycles. The smallest absolute Gasteiger partial charge is 0.0671 e. The number of rotatable bonds is 3. The fourth-order valence-corrected chi connectivity index (χ4v) is 3.15. The van der Waals surface area contributed by atoms with Crippen molar-refractivity contribution in [2.75, 3.05) is 44.3 Å². The van der Waals surface area contributed by atoms with Gasteiger partial charge in [-0.15, -0.1) is 0 Å². The Morgan fingerprint density at radius 1 is 1.00 bits per heavy atom. The number of hydrogen-bond acceptors (Lipinski definition) is 3. The van der Waals surface area contributed by atoms with Crippen molar-refractivity contribution in [1.29, 1.82) is 0 Å². The summed E-state index contributed by atoms with van der Waals surface area (Å²) in [7, 11) is 0. The third-order valence-electron chi connectivity index (χ3n) is 4.79. The summed E-state index contributed by atoms with van der Waals surface area (Å²) in [6.07, 6.45) is 0. The van der Waals surface area contributed by atoms with E-state index >= 15 is 0 Å². The minimum absolute atomic E-state index is 0.299. The average Bonchev–Trinajstić information content (AvgIpc) is 2.45. The molecule has 0 aliphatic carbocycles. The van der Waals surface area contributed by atoms with E-state index in [1.165, 1.54) is 11.3 Å². The van der Waals surface area contributed by atoms with E-state index < -0.39 is 0 Å². The van der Waals surface area contributed by atoms with E-state index in [9.17, 15) is 0 Å². The summed E-state index contributed by atoms with van der Waals surface area (Å²) in [6.45, 7) is 13.1. The molecule has 1 aromatic carbocycles. The molecule has 0 unspecified atom stereocenters. The van der Waals surface area contributed by atoms with Crippen molar-refractivity contribution in [2.45, 2.75) is 32.2 Å². The Morgan fingerprint density at radius 3 is 2.05 bits per heavy atom. The van der Waals surface area contributed by atoms with E-state index in [0.29, 0.717) is 11.5 Å². The Morgan fingerprint density at radius 2 is 1.60 bits per heavy atom. The minimum Gasteiger partial charge on any atom is -0.377 e. The van der Waals surface area contributed by atoms with E-state index in [0.717, 1.165) is 39.4 Å². The fraction of sp³-hybridized carbons (Fsp3) is 0.647. The first-order valence-corrected chi connectivity index (χ1v) is 7.76. The van der Waals surface area contributed by atoms with Gasteiger partial charge in [-0.1, -0.05) is 26.0 Å². The highest BCUT2D eigenvalue weighted by Crippen LogP contribution is 2.27. The Kier molecular flexibility index (Phi) is 3.74. The molecular weight excluding hydrogens is 248 g/mol. The topological polar surface area (TPSA) is 15.7 Å². The third-order valence-corrected chi connectivity index (χ3v) is 4.79. The van der Waals surface area contributed by atoms with Crippen LogP contribution in [0.4, 0.5) is 5.69 Å². The molecule has 0 bridgehead atoms. The van der Waals surface area contributed by atoms with Crippen molar-refractivity contribution >= 4 is 5.69 Å². The molecule has 0 atom stereocenters. The third kappa shape index (κ3) is 2.57. The van der Waals surface area contributed by atoms with Crippen LogP contribution in [0.15, 0.2) is 24.3 Å². The lowest BCUT2D eigenvalue weighted by molar-refractivity contribution is -0.131. The highest BCUT2D eigenvalue weighted by Gasteiger charge is 2.40. The zero-order valence-corrected chi connectivity index (χ0v) is 12.9. The zero-order chi connectivity index (χ0) is 14.2. The number of nitrogens with zero attached hydrogens (tertiary/aromatic N) is 2. The zero-order valence-electron chi connectivity index (χ0n) is 12.9. The first-order valence-electron chi connectivity index (χ1n) is 7.76. The maximum atomic E-state index is 5.38. The summed E-state index contributed by atoms with van der Waals surface area (Å²) in [5.41, 5.74) is 3.09. The largest absolute Gasteiger partial charge is 0.377 e. The van der Waals surface area contributed by atoms with Crippen LogP contribution in [0.5, 0.6) is 0 Å².